The van der Waals surface area contributed by atoms with Crippen molar-refractivity contribution in [3.63, 3.8) is 0 Å². The van der Waals surface area contributed by atoms with Crippen LogP contribution in [-0.2, 0) is 6.54 Å². The van der Waals surface area contributed by atoms with Gasteiger partial charge in [0.25, 0.3) is 0 Å². The van der Waals surface area contributed by atoms with E-state index in [0.29, 0.717) is 17.9 Å². The Kier molecular flexibility index (Phi) is 5.08. The standard InChI is InChI=1S/C10H17ClN2O2/c1-2-5-13-7-8(6-12-13)10(15)9(14)3-4-11/h6-7,9-10,14-15H,2-5H2,1H3. The zero-order valence-electron chi connectivity index (χ0n) is 8.80. The van der Waals surface area contributed by atoms with Crippen LogP contribution in [0.15, 0.2) is 12.4 Å². The van der Waals surface area contributed by atoms with Crippen molar-refractivity contribution in [2.75, 3.05) is 5.88 Å². The lowest BCUT2D eigenvalue weighted by atomic mass is 10.1. The highest BCUT2D eigenvalue weighted by Crippen LogP contribution is 2.18. The molecule has 0 aromatic carbocycles. The van der Waals surface area contributed by atoms with E-state index in [0.717, 1.165) is 13.0 Å². The maximum absolute atomic E-state index is 9.74. The number of hydrogen-bond acceptors (Lipinski definition) is 3. The van der Waals surface area contributed by atoms with Crippen molar-refractivity contribution in [1.82, 2.24) is 9.78 Å². The van der Waals surface area contributed by atoms with Gasteiger partial charge in [0, 0.05) is 24.2 Å². The molecule has 1 aromatic rings. The van der Waals surface area contributed by atoms with Crippen molar-refractivity contribution in [3.8, 4) is 0 Å². The van der Waals surface area contributed by atoms with Crippen LogP contribution in [0.4, 0.5) is 0 Å². The topological polar surface area (TPSA) is 58.3 Å². The van der Waals surface area contributed by atoms with E-state index in [-0.39, 0.29) is 0 Å². The van der Waals surface area contributed by atoms with E-state index >= 15 is 0 Å². The van der Waals surface area contributed by atoms with E-state index in [9.17, 15) is 10.2 Å². The van der Waals surface area contributed by atoms with Gasteiger partial charge in [-0.05, 0) is 12.8 Å². The average Bonchev–Trinajstić information content (AvgIpc) is 2.66. The number of hydrogen-bond donors (Lipinski definition) is 2. The zero-order chi connectivity index (χ0) is 11.3. The summed E-state index contributed by atoms with van der Waals surface area (Å²) in [5, 5.41) is 23.4. The van der Waals surface area contributed by atoms with Crippen LogP contribution in [0.2, 0.25) is 0 Å². The van der Waals surface area contributed by atoms with Crippen LogP contribution in [0.25, 0.3) is 0 Å². The third-order valence-corrected chi connectivity index (χ3v) is 2.43. The third kappa shape index (κ3) is 3.48. The van der Waals surface area contributed by atoms with Gasteiger partial charge >= 0.3 is 0 Å². The molecule has 4 nitrogen and oxygen atoms in total. The van der Waals surface area contributed by atoms with Crippen molar-refractivity contribution in [1.29, 1.82) is 0 Å². The number of aromatic nitrogens is 2. The lowest BCUT2D eigenvalue weighted by Gasteiger charge is -2.14. The fraction of sp³-hybridized carbons (Fsp3) is 0.700. The van der Waals surface area contributed by atoms with Crippen molar-refractivity contribution in [2.24, 2.45) is 0 Å². The zero-order valence-corrected chi connectivity index (χ0v) is 9.56. The van der Waals surface area contributed by atoms with Crippen molar-refractivity contribution >= 4 is 11.6 Å². The lowest BCUT2D eigenvalue weighted by molar-refractivity contribution is 0.0169. The van der Waals surface area contributed by atoms with E-state index in [1.807, 2.05) is 0 Å². The third-order valence-electron chi connectivity index (χ3n) is 2.22. The molecule has 0 fully saturated rings. The van der Waals surface area contributed by atoms with E-state index < -0.39 is 12.2 Å². The highest BCUT2D eigenvalue weighted by atomic mass is 35.5. The van der Waals surface area contributed by atoms with Crippen LogP contribution in [0.3, 0.4) is 0 Å². The van der Waals surface area contributed by atoms with E-state index in [1.54, 1.807) is 17.1 Å². The van der Waals surface area contributed by atoms with E-state index in [2.05, 4.69) is 12.0 Å². The highest BCUT2D eigenvalue weighted by molar-refractivity contribution is 6.17. The second-order valence-electron chi connectivity index (χ2n) is 3.53. The number of aryl methyl sites for hydroxylation is 1. The van der Waals surface area contributed by atoms with Gasteiger partial charge in [-0.25, -0.2) is 0 Å². The Balaban J connectivity index is 2.60. The predicted molar refractivity (Wildman–Crippen MR) is 58.8 cm³/mol. The molecule has 0 aliphatic carbocycles. The second-order valence-corrected chi connectivity index (χ2v) is 3.90. The molecular weight excluding hydrogens is 216 g/mol. The molecule has 0 bridgehead atoms. The molecule has 1 rings (SSSR count). The molecule has 0 spiro atoms. The number of alkyl halides is 1. The maximum atomic E-state index is 9.74. The van der Waals surface area contributed by atoms with Gasteiger partial charge in [0.05, 0.1) is 12.3 Å². The predicted octanol–water partition coefficient (Wildman–Crippen LogP) is 1.32. The minimum atomic E-state index is -0.894. The van der Waals surface area contributed by atoms with Gasteiger partial charge in [0.2, 0.25) is 0 Å². The molecule has 2 unspecified atom stereocenters. The number of halogens is 1. The molecule has 2 N–H and O–H groups in total. The van der Waals surface area contributed by atoms with Gasteiger partial charge in [0.1, 0.15) is 6.10 Å². The average molecular weight is 233 g/mol. The van der Waals surface area contributed by atoms with Gasteiger partial charge < -0.3 is 10.2 Å². The Morgan fingerprint density at radius 3 is 2.87 bits per heavy atom. The first-order chi connectivity index (χ1) is 7.19. The highest BCUT2D eigenvalue weighted by Gasteiger charge is 2.19. The van der Waals surface area contributed by atoms with Gasteiger partial charge in [-0.1, -0.05) is 6.92 Å². The quantitative estimate of drug-likeness (QED) is 0.728. The molecule has 1 aromatic heterocycles. The molecule has 0 radical (unpaired) electrons. The van der Waals surface area contributed by atoms with Crippen LogP contribution >= 0.6 is 11.6 Å². The van der Waals surface area contributed by atoms with Crippen LogP contribution in [0.1, 0.15) is 31.4 Å². The summed E-state index contributed by atoms with van der Waals surface area (Å²) >= 11 is 5.49. The molecule has 5 heteroatoms. The Bertz CT molecular complexity index is 291. The Morgan fingerprint density at radius 2 is 2.27 bits per heavy atom. The molecule has 0 saturated carbocycles. The Morgan fingerprint density at radius 1 is 1.53 bits per heavy atom. The lowest BCUT2D eigenvalue weighted by Crippen LogP contribution is -2.18. The molecule has 15 heavy (non-hydrogen) atoms. The van der Waals surface area contributed by atoms with Gasteiger partial charge in [-0.3, -0.25) is 4.68 Å². The first-order valence-corrected chi connectivity index (χ1v) is 5.67. The van der Waals surface area contributed by atoms with Crippen molar-refractivity contribution in [3.05, 3.63) is 18.0 Å². The molecule has 0 aliphatic heterocycles. The Hall–Kier alpha value is -0.580. The molecule has 86 valence electrons. The smallest absolute Gasteiger partial charge is 0.108 e. The van der Waals surface area contributed by atoms with Crippen LogP contribution in [0.5, 0.6) is 0 Å². The summed E-state index contributed by atoms with van der Waals surface area (Å²) in [6.45, 7) is 2.87. The molecule has 1 heterocycles. The van der Waals surface area contributed by atoms with Gasteiger partial charge in [-0.15, -0.1) is 11.6 Å². The fourth-order valence-electron chi connectivity index (χ4n) is 1.38. The van der Waals surface area contributed by atoms with Crippen LogP contribution in [0, 0.1) is 0 Å². The summed E-state index contributed by atoms with van der Waals surface area (Å²) in [4.78, 5) is 0. The number of nitrogens with zero attached hydrogens (tertiary/aromatic N) is 2. The number of aliphatic hydroxyl groups is 2. The van der Waals surface area contributed by atoms with Gasteiger partial charge in [-0.2, -0.15) is 5.10 Å². The number of rotatable bonds is 6. The summed E-state index contributed by atoms with van der Waals surface area (Å²) in [5.74, 6) is 0.335. The molecule has 0 amide bonds. The van der Waals surface area contributed by atoms with Crippen molar-refractivity contribution in [2.45, 2.75) is 38.5 Å². The summed E-state index contributed by atoms with van der Waals surface area (Å²) in [6, 6.07) is 0. The summed E-state index contributed by atoms with van der Waals surface area (Å²) in [5.41, 5.74) is 0.640. The first-order valence-electron chi connectivity index (χ1n) is 5.13. The normalized spacial score (nSPS) is 15.2. The molecule has 0 saturated heterocycles. The number of aliphatic hydroxyl groups excluding tert-OH is 2. The van der Waals surface area contributed by atoms with E-state index in [4.69, 9.17) is 11.6 Å². The Labute approximate surface area is 94.5 Å². The fourth-order valence-corrected chi connectivity index (χ4v) is 1.60. The molecular formula is C10H17ClN2O2. The summed E-state index contributed by atoms with van der Waals surface area (Å²) < 4.78 is 1.76. The monoisotopic (exact) mass is 232 g/mol. The minimum absolute atomic E-state index is 0.335. The maximum Gasteiger partial charge on any atom is 0.108 e. The van der Waals surface area contributed by atoms with Crippen LogP contribution in [-0.4, -0.2) is 32.0 Å². The van der Waals surface area contributed by atoms with Crippen LogP contribution < -0.4 is 0 Å². The minimum Gasteiger partial charge on any atom is -0.390 e. The first kappa shape index (κ1) is 12.5. The largest absolute Gasteiger partial charge is 0.390 e. The summed E-state index contributed by atoms with van der Waals surface area (Å²) in [6.07, 6.45) is 2.99. The van der Waals surface area contributed by atoms with E-state index in [1.165, 1.54) is 0 Å². The van der Waals surface area contributed by atoms with Crippen molar-refractivity contribution < 1.29 is 10.2 Å². The summed E-state index contributed by atoms with van der Waals surface area (Å²) in [7, 11) is 0. The second kappa shape index (κ2) is 6.10. The molecule has 0 aliphatic rings. The van der Waals surface area contributed by atoms with Gasteiger partial charge in [0.15, 0.2) is 0 Å². The SMILES string of the molecule is CCCn1cc(C(O)C(O)CCCl)cn1. The molecule has 2 atom stereocenters.